The predicted molar refractivity (Wildman–Crippen MR) is 77.6 cm³/mol. The van der Waals surface area contributed by atoms with Gasteiger partial charge in [-0.05, 0) is 38.1 Å². The molecule has 0 bridgehead atoms. The lowest BCUT2D eigenvalue weighted by Gasteiger charge is -2.15. The van der Waals surface area contributed by atoms with Crippen molar-refractivity contribution in [2.75, 3.05) is 5.32 Å². The average Bonchev–Trinajstić information content (AvgIpc) is 2.72. The SMILES string of the molecule is Cc1ccc(C(C)Nc2cccc(Cl)c2Cl)s1. The number of halogens is 2. The van der Waals surface area contributed by atoms with Gasteiger partial charge in [0.05, 0.1) is 21.8 Å². The van der Waals surface area contributed by atoms with Crippen molar-refractivity contribution in [2.24, 2.45) is 0 Å². The summed E-state index contributed by atoms with van der Waals surface area (Å²) in [7, 11) is 0. The van der Waals surface area contributed by atoms with Crippen LogP contribution in [0.5, 0.6) is 0 Å². The fraction of sp³-hybridized carbons (Fsp3) is 0.231. The Bertz CT molecular complexity index is 522. The van der Waals surface area contributed by atoms with E-state index in [1.165, 1.54) is 9.75 Å². The second-order valence-corrected chi connectivity index (χ2v) is 6.02. The van der Waals surface area contributed by atoms with Crippen LogP contribution in [0.25, 0.3) is 0 Å². The molecule has 2 aromatic rings. The predicted octanol–water partition coefficient (Wildman–Crippen LogP) is 5.54. The quantitative estimate of drug-likeness (QED) is 0.781. The van der Waals surface area contributed by atoms with E-state index >= 15 is 0 Å². The number of hydrogen-bond donors (Lipinski definition) is 1. The maximum absolute atomic E-state index is 6.14. The van der Waals surface area contributed by atoms with Crippen LogP contribution < -0.4 is 5.32 Å². The molecule has 0 fully saturated rings. The highest BCUT2D eigenvalue weighted by Crippen LogP contribution is 2.33. The molecule has 1 aromatic carbocycles. The summed E-state index contributed by atoms with van der Waals surface area (Å²) in [5.41, 5.74) is 0.873. The fourth-order valence-electron chi connectivity index (χ4n) is 1.61. The van der Waals surface area contributed by atoms with Crippen LogP contribution in [0.3, 0.4) is 0 Å². The maximum atomic E-state index is 6.14. The largest absolute Gasteiger partial charge is 0.376 e. The zero-order valence-electron chi connectivity index (χ0n) is 9.63. The lowest BCUT2D eigenvalue weighted by atomic mass is 10.2. The molecule has 0 aliphatic carbocycles. The second-order valence-electron chi connectivity index (χ2n) is 3.92. The minimum absolute atomic E-state index is 0.227. The molecule has 0 radical (unpaired) electrons. The summed E-state index contributed by atoms with van der Waals surface area (Å²) in [6.45, 7) is 4.22. The molecule has 0 amide bonds. The van der Waals surface area contributed by atoms with Gasteiger partial charge < -0.3 is 5.32 Å². The van der Waals surface area contributed by atoms with E-state index in [0.29, 0.717) is 10.0 Å². The molecule has 0 aliphatic heterocycles. The van der Waals surface area contributed by atoms with Gasteiger partial charge in [-0.25, -0.2) is 0 Å². The zero-order valence-corrected chi connectivity index (χ0v) is 12.0. The first-order valence-corrected chi connectivity index (χ1v) is 6.92. The molecular formula is C13H13Cl2NS. The van der Waals surface area contributed by atoms with Gasteiger partial charge in [0.25, 0.3) is 0 Å². The minimum atomic E-state index is 0.227. The van der Waals surface area contributed by atoms with Crippen molar-refractivity contribution in [3.8, 4) is 0 Å². The lowest BCUT2D eigenvalue weighted by molar-refractivity contribution is 0.908. The van der Waals surface area contributed by atoms with Gasteiger partial charge in [0.1, 0.15) is 0 Å². The Kier molecular flexibility index (Phi) is 3.97. The van der Waals surface area contributed by atoms with Crippen molar-refractivity contribution in [3.05, 3.63) is 50.1 Å². The summed E-state index contributed by atoms with van der Waals surface area (Å²) in [4.78, 5) is 2.60. The van der Waals surface area contributed by atoms with Crippen molar-refractivity contribution >= 4 is 40.2 Å². The molecule has 1 unspecified atom stereocenters. The van der Waals surface area contributed by atoms with Crippen molar-refractivity contribution < 1.29 is 0 Å². The van der Waals surface area contributed by atoms with Gasteiger partial charge in [-0.15, -0.1) is 11.3 Å². The number of aryl methyl sites for hydroxylation is 1. The summed E-state index contributed by atoms with van der Waals surface area (Å²) in [6, 6.07) is 10.1. The Hall–Kier alpha value is -0.700. The summed E-state index contributed by atoms with van der Waals surface area (Å²) in [5, 5.41) is 4.53. The topological polar surface area (TPSA) is 12.0 Å². The van der Waals surface area contributed by atoms with E-state index in [1.54, 1.807) is 17.4 Å². The van der Waals surface area contributed by atoms with Crippen LogP contribution in [0, 0.1) is 6.92 Å². The molecule has 0 spiro atoms. The van der Waals surface area contributed by atoms with E-state index < -0.39 is 0 Å². The van der Waals surface area contributed by atoms with Crippen molar-refractivity contribution in [1.29, 1.82) is 0 Å². The molecule has 0 saturated heterocycles. The van der Waals surface area contributed by atoms with Gasteiger partial charge in [0.15, 0.2) is 0 Å². The number of benzene rings is 1. The first kappa shape index (κ1) is 12.7. The normalized spacial score (nSPS) is 12.5. The van der Waals surface area contributed by atoms with Crippen LogP contribution in [-0.2, 0) is 0 Å². The van der Waals surface area contributed by atoms with Crippen LogP contribution in [0.1, 0.15) is 22.7 Å². The Labute approximate surface area is 115 Å². The summed E-state index contributed by atoms with van der Waals surface area (Å²) in [6.07, 6.45) is 0. The van der Waals surface area contributed by atoms with Crippen molar-refractivity contribution in [1.82, 2.24) is 0 Å². The van der Waals surface area contributed by atoms with Gasteiger partial charge in [0.2, 0.25) is 0 Å². The molecule has 2 rings (SSSR count). The molecule has 0 aliphatic rings. The first-order valence-electron chi connectivity index (χ1n) is 5.35. The zero-order chi connectivity index (χ0) is 12.4. The summed E-state index contributed by atoms with van der Waals surface area (Å²) < 4.78 is 0. The standard InChI is InChI=1S/C13H13Cl2NS/c1-8-6-7-12(17-8)9(2)16-11-5-3-4-10(14)13(11)15/h3-7,9,16H,1-2H3. The van der Waals surface area contributed by atoms with E-state index in [4.69, 9.17) is 23.2 Å². The third kappa shape index (κ3) is 2.95. The highest BCUT2D eigenvalue weighted by atomic mass is 35.5. The van der Waals surface area contributed by atoms with Crippen LogP contribution in [0.15, 0.2) is 30.3 Å². The molecule has 4 heteroatoms. The number of anilines is 1. The van der Waals surface area contributed by atoms with E-state index in [1.807, 2.05) is 12.1 Å². The molecule has 1 heterocycles. The third-order valence-corrected chi connectivity index (χ3v) is 4.51. The Balaban J connectivity index is 2.18. The average molecular weight is 286 g/mol. The highest BCUT2D eigenvalue weighted by molar-refractivity contribution is 7.12. The number of thiophene rings is 1. The van der Waals surface area contributed by atoms with Gasteiger partial charge in [-0.2, -0.15) is 0 Å². The molecule has 1 nitrogen and oxygen atoms in total. The fourth-order valence-corrected chi connectivity index (χ4v) is 2.84. The minimum Gasteiger partial charge on any atom is -0.376 e. The number of hydrogen-bond acceptors (Lipinski definition) is 2. The molecule has 1 atom stereocenters. The monoisotopic (exact) mass is 285 g/mol. The van der Waals surface area contributed by atoms with E-state index in [0.717, 1.165) is 5.69 Å². The molecular weight excluding hydrogens is 273 g/mol. The smallest absolute Gasteiger partial charge is 0.0823 e. The Morgan fingerprint density at radius 3 is 2.59 bits per heavy atom. The van der Waals surface area contributed by atoms with Crippen LogP contribution in [0.2, 0.25) is 10.0 Å². The van der Waals surface area contributed by atoms with Crippen LogP contribution >= 0.6 is 34.5 Å². The lowest BCUT2D eigenvalue weighted by Crippen LogP contribution is -2.05. The highest BCUT2D eigenvalue weighted by Gasteiger charge is 2.10. The van der Waals surface area contributed by atoms with Gasteiger partial charge in [-0.3, -0.25) is 0 Å². The second kappa shape index (κ2) is 5.30. The van der Waals surface area contributed by atoms with Crippen molar-refractivity contribution in [3.63, 3.8) is 0 Å². The molecule has 1 aromatic heterocycles. The van der Waals surface area contributed by atoms with Crippen molar-refractivity contribution in [2.45, 2.75) is 19.9 Å². The first-order chi connectivity index (χ1) is 8.08. The number of nitrogens with one attached hydrogen (secondary N) is 1. The van der Waals surface area contributed by atoms with E-state index in [-0.39, 0.29) is 6.04 Å². The maximum Gasteiger partial charge on any atom is 0.0823 e. The van der Waals surface area contributed by atoms with Crippen LogP contribution in [0.4, 0.5) is 5.69 Å². The Morgan fingerprint density at radius 1 is 1.18 bits per heavy atom. The third-order valence-electron chi connectivity index (χ3n) is 2.51. The molecule has 1 N–H and O–H groups in total. The molecule has 17 heavy (non-hydrogen) atoms. The van der Waals surface area contributed by atoms with Gasteiger partial charge >= 0.3 is 0 Å². The summed E-state index contributed by atoms with van der Waals surface area (Å²) >= 11 is 13.9. The van der Waals surface area contributed by atoms with Crippen LogP contribution in [-0.4, -0.2) is 0 Å². The summed E-state index contributed by atoms with van der Waals surface area (Å²) in [5.74, 6) is 0. The Morgan fingerprint density at radius 2 is 1.94 bits per heavy atom. The molecule has 0 saturated carbocycles. The van der Waals surface area contributed by atoms with Gasteiger partial charge in [-0.1, -0.05) is 29.3 Å². The van der Waals surface area contributed by atoms with E-state index in [2.05, 4.69) is 31.3 Å². The van der Waals surface area contributed by atoms with Gasteiger partial charge in [0, 0.05) is 9.75 Å². The molecule has 90 valence electrons. The van der Waals surface area contributed by atoms with E-state index in [9.17, 15) is 0 Å². The number of rotatable bonds is 3.